The number of thiophene rings is 1. The van der Waals surface area contributed by atoms with Crippen LogP contribution in [0.3, 0.4) is 0 Å². The second-order valence-electron chi connectivity index (χ2n) is 9.69. The molecular weight excluding hydrogens is 488 g/mol. The van der Waals surface area contributed by atoms with Crippen LogP contribution in [0.4, 0.5) is 22.9 Å². The Morgan fingerprint density at radius 3 is 2.50 bits per heavy atom. The van der Waals surface area contributed by atoms with Crippen LogP contribution < -0.4 is 10.2 Å². The van der Waals surface area contributed by atoms with Gasteiger partial charge in [0.25, 0.3) is 0 Å². The third-order valence-electron chi connectivity index (χ3n) is 7.08. The second kappa shape index (κ2) is 8.82. The molecule has 7 heteroatoms. The van der Waals surface area contributed by atoms with Crippen LogP contribution in [-0.2, 0) is 0 Å². The summed E-state index contributed by atoms with van der Waals surface area (Å²) < 4.78 is 1.96. The van der Waals surface area contributed by atoms with Gasteiger partial charge in [-0.1, -0.05) is 54.1 Å². The van der Waals surface area contributed by atoms with Gasteiger partial charge >= 0.3 is 0 Å². The lowest BCUT2D eigenvalue weighted by molar-refractivity contribution is 0.831. The molecule has 7 rings (SSSR count). The van der Waals surface area contributed by atoms with Crippen LogP contribution in [0, 0.1) is 20.8 Å². The smallest absolute Gasteiger partial charge is 0.179 e. The van der Waals surface area contributed by atoms with Crippen LogP contribution in [0.15, 0.2) is 100 Å². The Bertz CT molecular complexity index is 1730. The summed E-state index contributed by atoms with van der Waals surface area (Å²) in [5, 5.41) is 10.7. The Labute approximate surface area is 225 Å². The first kappa shape index (κ1) is 22.7. The third-order valence-corrected chi connectivity index (χ3v) is 8.00. The van der Waals surface area contributed by atoms with Gasteiger partial charge in [-0.3, -0.25) is 0 Å². The van der Waals surface area contributed by atoms with E-state index in [4.69, 9.17) is 15.1 Å². The molecule has 5 aromatic rings. The summed E-state index contributed by atoms with van der Waals surface area (Å²) in [4.78, 5) is 14.0. The number of rotatable bonds is 3. The molecule has 0 saturated carbocycles. The van der Waals surface area contributed by atoms with Crippen molar-refractivity contribution in [1.82, 2.24) is 9.78 Å². The predicted octanol–water partition coefficient (Wildman–Crippen LogP) is 7.65. The van der Waals surface area contributed by atoms with E-state index in [1.807, 2.05) is 22.9 Å². The van der Waals surface area contributed by atoms with Gasteiger partial charge < -0.3 is 10.2 Å². The number of aryl methyl sites for hydroxylation is 3. The highest BCUT2D eigenvalue weighted by atomic mass is 32.1. The Morgan fingerprint density at radius 2 is 1.71 bits per heavy atom. The molecule has 0 amide bonds. The Morgan fingerprint density at radius 1 is 0.895 bits per heavy atom. The third kappa shape index (κ3) is 3.58. The fourth-order valence-electron chi connectivity index (χ4n) is 5.35. The summed E-state index contributed by atoms with van der Waals surface area (Å²) in [6.45, 7) is 6.29. The van der Waals surface area contributed by atoms with E-state index >= 15 is 0 Å². The molecule has 0 radical (unpaired) electrons. The number of para-hydroxylation sites is 3. The maximum Gasteiger partial charge on any atom is 0.179 e. The minimum absolute atomic E-state index is 0.0810. The maximum absolute atomic E-state index is 5.30. The van der Waals surface area contributed by atoms with Crippen LogP contribution in [-0.4, -0.2) is 21.5 Å². The maximum atomic E-state index is 5.30. The van der Waals surface area contributed by atoms with Crippen molar-refractivity contribution < 1.29 is 0 Å². The van der Waals surface area contributed by atoms with Gasteiger partial charge in [-0.2, -0.15) is 5.10 Å². The van der Waals surface area contributed by atoms with E-state index in [0.29, 0.717) is 0 Å². The molecule has 0 bridgehead atoms. The van der Waals surface area contributed by atoms with Crippen LogP contribution >= 0.6 is 11.3 Å². The van der Waals surface area contributed by atoms with Gasteiger partial charge in [-0.25, -0.2) is 14.7 Å². The number of anilines is 2. The van der Waals surface area contributed by atoms with Crippen LogP contribution in [0.5, 0.6) is 0 Å². The summed E-state index contributed by atoms with van der Waals surface area (Å²) in [6, 6.07) is 29.2. The summed E-state index contributed by atoms with van der Waals surface area (Å²) in [7, 11) is 0. The minimum atomic E-state index is -0.0810. The number of fused-ring (bicyclic) bond motifs is 4. The number of hydrogen-bond acceptors (Lipinski definition) is 5. The zero-order valence-corrected chi connectivity index (χ0v) is 22.2. The molecule has 4 heterocycles. The largest absolute Gasteiger partial charge is 0.335 e. The Balaban J connectivity index is 1.53. The second-order valence-corrected chi connectivity index (χ2v) is 10.7. The molecule has 2 aliphatic heterocycles. The fourth-order valence-corrected chi connectivity index (χ4v) is 6.17. The van der Waals surface area contributed by atoms with Gasteiger partial charge in [0.2, 0.25) is 0 Å². The van der Waals surface area contributed by atoms with E-state index in [2.05, 4.69) is 103 Å². The molecule has 1 unspecified atom stereocenters. The molecule has 1 atom stereocenters. The normalized spacial score (nSPS) is 16.9. The van der Waals surface area contributed by atoms with Gasteiger partial charge in [-0.15, -0.1) is 11.3 Å². The number of nitrogens with zero attached hydrogens (tertiary/aromatic N) is 5. The van der Waals surface area contributed by atoms with E-state index < -0.39 is 0 Å². The monoisotopic (exact) mass is 514 g/mol. The summed E-state index contributed by atoms with van der Waals surface area (Å²) in [5.74, 6) is 2.35. The van der Waals surface area contributed by atoms with Crippen molar-refractivity contribution in [3.63, 3.8) is 0 Å². The van der Waals surface area contributed by atoms with E-state index in [9.17, 15) is 0 Å². The van der Waals surface area contributed by atoms with Gasteiger partial charge in [0.1, 0.15) is 6.04 Å². The first-order valence-electron chi connectivity index (χ1n) is 12.7. The Kier molecular flexibility index (Phi) is 5.26. The molecule has 2 aliphatic rings. The van der Waals surface area contributed by atoms with Crippen molar-refractivity contribution in [3.8, 4) is 5.69 Å². The van der Waals surface area contributed by atoms with Crippen molar-refractivity contribution in [2.75, 3.05) is 10.2 Å². The number of nitrogens with one attached hydrogen (secondary N) is 1. The summed E-state index contributed by atoms with van der Waals surface area (Å²) in [6.07, 6.45) is 0. The summed E-state index contributed by atoms with van der Waals surface area (Å²) >= 11 is 1.75. The number of aromatic nitrogens is 2. The number of aliphatic imine (C=N–C) groups is 2. The summed E-state index contributed by atoms with van der Waals surface area (Å²) in [5.41, 5.74) is 8.41. The minimum Gasteiger partial charge on any atom is -0.335 e. The van der Waals surface area contributed by atoms with Gasteiger partial charge in [0.05, 0.1) is 28.4 Å². The van der Waals surface area contributed by atoms with Gasteiger partial charge in [0, 0.05) is 10.4 Å². The van der Waals surface area contributed by atoms with Crippen molar-refractivity contribution in [2.24, 2.45) is 9.98 Å². The molecule has 0 spiro atoms. The number of benzene rings is 3. The lowest BCUT2D eigenvalue weighted by atomic mass is 9.98. The van der Waals surface area contributed by atoms with E-state index in [-0.39, 0.29) is 6.04 Å². The van der Waals surface area contributed by atoms with Gasteiger partial charge in [-0.05, 0) is 68.1 Å². The molecule has 1 N–H and O–H groups in total. The molecule has 6 nitrogen and oxygen atoms in total. The zero-order valence-electron chi connectivity index (χ0n) is 21.4. The lowest BCUT2D eigenvalue weighted by Crippen LogP contribution is -2.48. The van der Waals surface area contributed by atoms with Crippen molar-refractivity contribution >= 4 is 45.9 Å². The average Bonchev–Trinajstić information content (AvgIpc) is 3.58. The van der Waals surface area contributed by atoms with E-state index in [0.717, 1.165) is 57.1 Å². The Hall–Kier alpha value is -4.49. The lowest BCUT2D eigenvalue weighted by Gasteiger charge is -2.41. The molecular formula is C31H26N6S. The molecule has 38 heavy (non-hydrogen) atoms. The van der Waals surface area contributed by atoms with Crippen LogP contribution in [0.1, 0.15) is 33.3 Å². The van der Waals surface area contributed by atoms with Crippen LogP contribution in [0.2, 0.25) is 0 Å². The van der Waals surface area contributed by atoms with Crippen molar-refractivity contribution in [2.45, 2.75) is 26.8 Å². The van der Waals surface area contributed by atoms with Crippen LogP contribution in [0.25, 0.3) is 5.69 Å². The highest BCUT2D eigenvalue weighted by Crippen LogP contribution is 2.48. The van der Waals surface area contributed by atoms with Crippen molar-refractivity contribution in [3.05, 3.63) is 118 Å². The van der Waals surface area contributed by atoms with Crippen molar-refractivity contribution in [1.29, 1.82) is 0 Å². The molecule has 2 aromatic heterocycles. The highest BCUT2D eigenvalue weighted by molar-refractivity contribution is 7.10. The van der Waals surface area contributed by atoms with Gasteiger partial charge in [0.15, 0.2) is 17.5 Å². The predicted molar refractivity (Wildman–Crippen MR) is 157 cm³/mol. The molecule has 0 aliphatic carbocycles. The first-order chi connectivity index (χ1) is 18.6. The fraction of sp³-hybridized carbons (Fsp3) is 0.129. The van der Waals surface area contributed by atoms with E-state index in [1.54, 1.807) is 11.3 Å². The first-order valence-corrected chi connectivity index (χ1v) is 13.5. The zero-order chi connectivity index (χ0) is 25.8. The number of hydrogen-bond donors (Lipinski definition) is 1. The highest BCUT2D eigenvalue weighted by Gasteiger charge is 2.42. The molecule has 3 aromatic carbocycles. The average molecular weight is 515 g/mol. The quantitative estimate of drug-likeness (QED) is 0.269. The SMILES string of the molecule is Cc1ccc(N=C2Nc3ccccc3N3C2=Nc2c(c(C)nn2-c2ccccc2)C3c2cccs2)c(C)c1. The molecule has 0 saturated heterocycles. The number of amidine groups is 2. The standard InChI is InChI=1S/C31H26N6S/c1-19-15-16-23(20(2)18-19)32-29-31-34-30-27(21(3)35-37(30)22-10-5-4-6-11-22)28(26-14-9-17-38-26)36(31)25-13-8-7-12-24(25)33-29/h4-18,28H,1-3H3,(H,32,33). The van der Waals surface area contributed by atoms with E-state index in [1.165, 1.54) is 10.4 Å². The molecule has 186 valence electrons. The molecule has 0 fully saturated rings. The topological polar surface area (TPSA) is 57.8 Å².